The number of para-hydroxylation sites is 2. The number of hydrogen-bond acceptors (Lipinski definition) is 2. The second-order valence-corrected chi connectivity index (χ2v) is 4.63. The molecule has 3 rings (SSSR count). The fourth-order valence-electron chi connectivity index (χ4n) is 2.42. The Kier molecular flexibility index (Phi) is 1.76. The molecule has 82 valence electrons. The van der Waals surface area contributed by atoms with E-state index in [1.807, 2.05) is 38.2 Å². The van der Waals surface area contributed by atoms with Crippen LogP contribution in [0, 0.1) is 5.41 Å². The van der Waals surface area contributed by atoms with Gasteiger partial charge >= 0.3 is 0 Å². The molecule has 0 atom stereocenters. The van der Waals surface area contributed by atoms with Crippen LogP contribution in [-0.2, 0) is 4.79 Å². The molecular weight excluding hydrogens is 200 g/mol. The summed E-state index contributed by atoms with van der Waals surface area (Å²) in [6.45, 7) is 1.97. The van der Waals surface area contributed by atoms with Crippen LogP contribution in [0.1, 0.15) is 19.8 Å². The summed E-state index contributed by atoms with van der Waals surface area (Å²) in [7, 11) is 1.84. The molecule has 16 heavy (non-hydrogen) atoms. The molecule has 0 unspecified atom stereocenters. The lowest BCUT2D eigenvalue weighted by molar-refractivity contribution is -0.121. The molecule has 0 aromatic heterocycles. The van der Waals surface area contributed by atoms with E-state index in [2.05, 4.69) is 4.99 Å². The van der Waals surface area contributed by atoms with Gasteiger partial charge in [0.05, 0.1) is 16.8 Å². The molecule has 1 heterocycles. The maximum atomic E-state index is 12.3. The number of carbonyl (C=O) groups is 1. The highest BCUT2D eigenvalue weighted by atomic mass is 16.2. The average molecular weight is 214 g/mol. The number of aliphatic imine (C=N–C) groups is 1. The van der Waals surface area contributed by atoms with Gasteiger partial charge in [-0.3, -0.25) is 9.79 Å². The van der Waals surface area contributed by atoms with Gasteiger partial charge in [-0.05, 0) is 31.9 Å². The molecule has 1 amide bonds. The lowest BCUT2D eigenvalue weighted by atomic mass is 10.00. The summed E-state index contributed by atoms with van der Waals surface area (Å²) < 4.78 is 0. The molecule has 1 saturated carbocycles. The van der Waals surface area contributed by atoms with Gasteiger partial charge in [0.25, 0.3) is 0 Å². The number of hydrogen-bond donors (Lipinski definition) is 0. The molecule has 0 N–H and O–H groups in total. The van der Waals surface area contributed by atoms with Crippen LogP contribution in [0.4, 0.5) is 11.4 Å². The van der Waals surface area contributed by atoms with Crippen LogP contribution in [0.15, 0.2) is 29.3 Å². The number of amides is 1. The van der Waals surface area contributed by atoms with Crippen LogP contribution in [0.2, 0.25) is 0 Å². The zero-order valence-electron chi connectivity index (χ0n) is 9.53. The Hall–Kier alpha value is -1.64. The first kappa shape index (κ1) is 9.58. The minimum Gasteiger partial charge on any atom is -0.313 e. The first-order valence-electron chi connectivity index (χ1n) is 5.58. The van der Waals surface area contributed by atoms with Crippen molar-refractivity contribution in [1.29, 1.82) is 0 Å². The van der Waals surface area contributed by atoms with E-state index in [1.165, 1.54) is 0 Å². The predicted molar refractivity (Wildman–Crippen MR) is 64.3 cm³/mol. The Labute approximate surface area is 94.8 Å². The second-order valence-electron chi connectivity index (χ2n) is 4.63. The number of benzene rings is 1. The van der Waals surface area contributed by atoms with Crippen molar-refractivity contribution in [2.75, 3.05) is 11.9 Å². The minimum absolute atomic E-state index is 0.193. The highest BCUT2D eigenvalue weighted by Gasteiger charge is 2.54. The third-order valence-corrected chi connectivity index (χ3v) is 3.69. The standard InChI is InChI=1S/C13H14N2O/c1-9-13(7-8-13)12(16)15(2)11-6-4-3-5-10(11)14-9/h3-6H,7-8H2,1-2H3. The van der Waals surface area contributed by atoms with Crippen LogP contribution >= 0.6 is 0 Å². The topological polar surface area (TPSA) is 32.7 Å². The van der Waals surface area contributed by atoms with Gasteiger partial charge in [-0.15, -0.1) is 0 Å². The first-order chi connectivity index (χ1) is 7.65. The van der Waals surface area contributed by atoms with E-state index < -0.39 is 0 Å². The molecule has 1 aliphatic heterocycles. The second kappa shape index (κ2) is 2.94. The Morgan fingerprint density at radius 3 is 2.69 bits per heavy atom. The van der Waals surface area contributed by atoms with Gasteiger partial charge in [0.15, 0.2) is 0 Å². The fraction of sp³-hybridized carbons (Fsp3) is 0.385. The van der Waals surface area contributed by atoms with Gasteiger partial charge in [-0.2, -0.15) is 0 Å². The summed E-state index contributed by atoms with van der Waals surface area (Å²) >= 11 is 0. The summed E-state index contributed by atoms with van der Waals surface area (Å²) in [5.74, 6) is 0.193. The lowest BCUT2D eigenvalue weighted by Crippen LogP contribution is -2.36. The van der Waals surface area contributed by atoms with Gasteiger partial charge in [0.1, 0.15) is 0 Å². The molecular formula is C13H14N2O. The van der Waals surface area contributed by atoms with Crippen LogP contribution in [0.3, 0.4) is 0 Å². The smallest absolute Gasteiger partial charge is 0.238 e. The summed E-state index contributed by atoms with van der Waals surface area (Å²) in [4.78, 5) is 18.7. The Morgan fingerprint density at radius 2 is 2.00 bits per heavy atom. The van der Waals surface area contributed by atoms with Crippen molar-refractivity contribution < 1.29 is 4.79 Å². The van der Waals surface area contributed by atoms with Crippen molar-refractivity contribution in [2.24, 2.45) is 10.4 Å². The van der Waals surface area contributed by atoms with E-state index in [9.17, 15) is 4.79 Å². The minimum atomic E-state index is -0.284. The van der Waals surface area contributed by atoms with Gasteiger partial charge < -0.3 is 4.90 Å². The van der Waals surface area contributed by atoms with E-state index in [0.29, 0.717) is 0 Å². The summed E-state index contributed by atoms with van der Waals surface area (Å²) in [5.41, 5.74) is 2.50. The molecule has 1 aromatic carbocycles. The molecule has 0 bridgehead atoms. The van der Waals surface area contributed by atoms with Crippen LogP contribution in [-0.4, -0.2) is 18.7 Å². The van der Waals surface area contributed by atoms with Crippen LogP contribution in [0.5, 0.6) is 0 Å². The normalized spacial score (nSPS) is 21.5. The molecule has 1 fully saturated rings. The van der Waals surface area contributed by atoms with Gasteiger partial charge in [0, 0.05) is 12.8 Å². The van der Waals surface area contributed by atoms with E-state index in [1.54, 1.807) is 4.90 Å². The SMILES string of the molecule is CC1=Nc2ccccc2N(C)C(=O)C12CC2. The molecule has 3 nitrogen and oxygen atoms in total. The highest BCUT2D eigenvalue weighted by molar-refractivity contribution is 6.18. The largest absolute Gasteiger partial charge is 0.313 e. The van der Waals surface area contributed by atoms with E-state index in [-0.39, 0.29) is 11.3 Å². The predicted octanol–water partition coefficient (Wildman–Crippen LogP) is 2.54. The van der Waals surface area contributed by atoms with Crippen molar-refractivity contribution in [1.82, 2.24) is 0 Å². The molecule has 1 aromatic rings. The monoisotopic (exact) mass is 214 g/mol. The zero-order valence-corrected chi connectivity index (χ0v) is 9.53. The number of nitrogens with zero attached hydrogens (tertiary/aromatic N) is 2. The van der Waals surface area contributed by atoms with Gasteiger partial charge in [-0.1, -0.05) is 12.1 Å². The Bertz CT molecular complexity index is 500. The Balaban J connectivity index is 2.21. The molecule has 0 radical (unpaired) electrons. The van der Waals surface area contributed by atoms with Crippen molar-refractivity contribution in [3.8, 4) is 0 Å². The van der Waals surface area contributed by atoms with Crippen molar-refractivity contribution in [2.45, 2.75) is 19.8 Å². The van der Waals surface area contributed by atoms with E-state index in [0.717, 1.165) is 29.9 Å². The molecule has 2 aliphatic rings. The Morgan fingerprint density at radius 1 is 1.31 bits per heavy atom. The first-order valence-corrected chi connectivity index (χ1v) is 5.58. The molecule has 1 aliphatic carbocycles. The number of fused-ring (bicyclic) bond motifs is 1. The summed E-state index contributed by atoms with van der Waals surface area (Å²) in [5, 5.41) is 0. The van der Waals surface area contributed by atoms with E-state index in [4.69, 9.17) is 0 Å². The zero-order chi connectivity index (χ0) is 11.3. The van der Waals surface area contributed by atoms with Crippen LogP contribution < -0.4 is 4.90 Å². The number of carbonyl (C=O) groups excluding carboxylic acids is 1. The van der Waals surface area contributed by atoms with E-state index >= 15 is 0 Å². The maximum Gasteiger partial charge on any atom is 0.238 e. The number of anilines is 1. The highest BCUT2D eigenvalue weighted by Crippen LogP contribution is 2.51. The lowest BCUT2D eigenvalue weighted by Gasteiger charge is -2.20. The van der Waals surface area contributed by atoms with Crippen molar-refractivity contribution in [3.05, 3.63) is 24.3 Å². The fourth-order valence-corrected chi connectivity index (χ4v) is 2.42. The third-order valence-electron chi connectivity index (χ3n) is 3.69. The summed E-state index contributed by atoms with van der Waals surface area (Å²) in [6.07, 6.45) is 1.89. The van der Waals surface area contributed by atoms with Crippen molar-refractivity contribution in [3.63, 3.8) is 0 Å². The quantitative estimate of drug-likeness (QED) is 0.653. The maximum absolute atomic E-state index is 12.3. The molecule has 1 spiro atoms. The third kappa shape index (κ3) is 1.08. The van der Waals surface area contributed by atoms with Crippen molar-refractivity contribution >= 4 is 23.0 Å². The number of rotatable bonds is 0. The summed E-state index contributed by atoms with van der Waals surface area (Å²) in [6, 6.07) is 7.81. The van der Waals surface area contributed by atoms with Gasteiger partial charge in [0.2, 0.25) is 5.91 Å². The average Bonchev–Trinajstić information content (AvgIpc) is 3.08. The van der Waals surface area contributed by atoms with Gasteiger partial charge in [-0.25, -0.2) is 0 Å². The molecule has 3 heteroatoms. The van der Waals surface area contributed by atoms with Crippen LogP contribution in [0.25, 0.3) is 0 Å². The molecule has 0 saturated heterocycles.